The number of amides is 2. The average molecular weight is 377 g/mol. The van der Waals surface area contributed by atoms with Gasteiger partial charge in [0.1, 0.15) is 19.1 Å². The van der Waals surface area contributed by atoms with E-state index in [0.29, 0.717) is 0 Å². The number of benzene rings is 2. The predicted molar refractivity (Wildman–Crippen MR) is 107 cm³/mol. The molecule has 1 aromatic heterocycles. The molecule has 2 aromatic carbocycles. The quantitative estimate of drug-likeness (QED) is 0.646. The summed E-state index contributed by atoms with van der Waals surface area (Å²) in [6, 6.07) is 13.2. The Kier molecular flexibility index (Phi) is 5.84. The van der Waals surface area contributed by atoms with E-state index in [1.807, 2.05) is 63.2 Å². The average Bonchev–Trinajstić information content (AvgIpc) is 3.18. The third kappa shape index (κ3) is 4.82. The molecule has 1 heterocycles. The third-order valence-electron chi connectivity index (χ3n) is 4.43. The van der Waals surface area contributed by atoms with Gasteiger partial charge in [-0.25, -0.2) is 9.67 Å². The maximum atomic E-state index is 12.2. The first-order valence-corrected chi connectivity index (χ1v) is 9.04. The molecule has 7 heteroatoms. The van der Waals surface area contributed by atoms with Gasteiger partial charge in [-0.15, -0.1) is 0 Å². The molecule has 0 bridgehead atoms. The number of nitrogens with zero attached hydrogens (tertiary/aromatic N) is 3. The molecule has 0 unspecified atom stereocenters. The van der Waals surface area contributed by atoms with E-state index in [1.54, 1.807) is 11.0 Å². The van der Waals surface area contributed by atoms with E-state index < -0.39 is 0 Å². The summed E-state index contributed by atoms with van der Waals surface area (Å²) < 4.78 is 1.66. The van der Waals surface area contributed by atoms with Gasteiger partial charge >= 0.3 is 0 Å². The van der Waals surface area contributed by atoms with Gasteiger partial charge in [-0.1, -0.05) is 29.8 Å². The number of rotatable bonds is 6. The minimum atomic E-state index is -0.335. The van der Waals surface area contributed by atoms with Crippen molar-refractivity contribution in [3.8, 4) is 5.69 Å². The van der Waals surface area contributed by atoms with Crippen molar-refractivity contribution < 1.29 is 9.59 Å². The van der Waals surface area contributed by atoms with Crippen molar-refractivity contribution in [3.05, 3.63) is 71.8 Å². The Labute approximate surface area is 163 Å². The monoisotopic (exact) mass is 377 g/mol. The van der Waals surface area contributed by atoms with Gasteiger partial charge in [0, 0.05) is 5.69 Å². The fourth-order valence-electron chi connectivity index (χ4n) is 2.93. The fourth-order valence-corrected chi connectivity index (χ4v) is 2.93. The minimum absolute atomic E-state index is 0.216. The zero-order valence-corrected chi connectivity index (χ0v) is 16.1. The van der Waals surface area contributed by atoms with E-state index in [1.165, 1.54) is 6.33 Å². The lowest BCUT2D eigenvalue weighted by atomic mass is 10.1. The molecule has 0 spiro atoms. The van der Waals surface area contributed by atoms with E-state index in [0.717, 1.165) is 28.1 Å². The molecule has 0 aliphatic carbocycles. The van der Waals surface area contributed by atoms with Gasteiger partial charge < -0.3 is 10.6 Å². The highest BCUT2D eigenvalue weighted by molar-refractivity contribution is 6.03. The van der Waals surface area contributed by atoms with E-state index in [9.17, 15) is 9.59 Å². The number of anilines is 1. The third-order valence-corrected chi connectivity index (χ3v) is 4.43. The van der Waals surface area contributed by atoms with Crippen LogP contribution < -0.4 is 10.6 Å². The molecule has 7 nitrogen and oxygen atoms in total. The van der Waals surface area contributed by atoms with Gasteiger partial charge in [0.15, 0.2) is 0 Å². The van der Waals surface area contributed by atoms with E-state index in [2.05, 4.69) is 20.7 Å². The topological polar surface area (TPSA) is 88.9 Å². The molecule has 28 heavy (non-hydrogen) atoms. The maximum Gasteiger partial charge on any atom is 0.233 e. The summed E-state index contributed by atoms with van der Waals surface area (Å²) in [6.07, 6.45) is 2.86. The second-order valence-electron chi connectivity index (χ2n) is 6.76. The fraction of sp³-hybridized carbons (Fsp3) is 0.238. The van der Waals surface area contributed by atoms with E-state index in [-0.39, 0.29) is 24.3 Å². The summed E-state index contributed by atoms with van der Waals surface area (Å²) in [5.74, 6) is -0.659. The number of aromatic nitrogens is 3. The Morgan fingerprint density at radius 1 is 1.07 bits per heavy atom. The second kappa shape index (κ2) is 8.47. The molecule has 0 aliphatic rings. The molecule has 2 N–H and O–H groups in total. The Morgan fingerprint density at radius 2 is 1.82 bits per heavy atom. The van der Waals surface area contributed by atoms with Crippen LogP contribution in [0.2, 0.25) is 0 Å². The SMILES string of the molecule is Cc1ccc(NC(=O)CC(=O)N[C@H](C)c2ccc(-n3cncn3)cc2)c(C)c1. The molecule has 0 aliphatic heterocycles. The Morgan fingerprint density at radius 3 is 2.46 bits per heavy atom. The lowest BCUT2D eigenvalue weighted by Gasteiger charge is -2.15. The van der Waals surface area contributed by atoms with Crippen molar-refractivity contribution in [2.75, 3.05) is 5.32 Å². The number of hydrogen-bond acceptors (Lipinski definition) is 4. The highest BCUT2D eigenvalue weighted by Gasteiger charge is 2.14. The van der Waals surface area contributed by atoms with Gasteiger partial charge in [-0.3, -0.25) is 9.59 Å². The zero-order chi connectivity index (χ0) is 20.1. The van der Waals surface area contributed by atoms with Crippen LogP contribution in [0.3, 0.4) is 0 Å². The summed E-state index contributed by atoms with van der Waals surface area (Å²) in [6.45, 7) is 5.80. The number of hydrogen-bond donors (Lipinski definition) is 2. The highest BCUT2D eigenvalue weighted by atomic mass is 16.2. The van der Waals surface area contributed by atoms with Crippen LogP contribution in [0.15, 0.2) is 55.1 Å². The van der Waals surface area contributed by atoms with E-state index in [4.69, 9.17) is 0 Å². The van der Waals surface area contributed by atoms with Crippen LogP contribution in [0.4, 0.5) is 5.69 Å². The molecule has 1 atom stereocenters. The first-order chi connectivity index (χ1) is 13.4. The Bertz CT molecular complexity index is 965. The standard InChI is InChI=1S/C21H23N5O2/c1-14-4-9-19(15(2)10-14)25-21(28)11-20(27)24-16(3)17-5-7-18(8-6-17)26-13-22-12-23-26/h4-10,12-13,16H,11H2,1-3H3,(H,24,27)(H,25,28)/t16-/m1/s1. The second-order valence-corrected chi connectivity index (χ2v) is 6.76. The molecule has 144 valence electrons. The van der Waals surface area contributed by atoms with Gasteiger partial charge in [-0.2, -0.15) is 5.10 Å². The van der Waals surface area contributed by atoms with Crippen LogP contribution in [0.1, 0.15) is 36.1 Å². The van der Waals surface area contributed by atoms with Gasteiger partial charge in [0.05, 0.1) is 11.7 Å². The van der Waals surface area contributed by atoms with Gasteiger partial charge in [0.25, 0.3) is 0 Å². The van der Waals surface area contributed by atoms with Crippen LogP contribution in [0.5, 0.6) is 0 Å². The van der Waals surface area contributed by atoms with Crippen molar-refractivity contribution in [3.63, 3.8) is 0 Å². The van der Waals surface area contributed by atoms with Crippen LogP contribution in [-0.2, 0) is 9.59 Å². The summed E-state index contributed by atoms with van der Waals surface area (Å²) in [7, 11) is 0. The molecular weight excluding hydrogens is 354 g/mol. The van der Waals surface area contributed by atoms with Crippen molar-refractivity contribution in [1.82, 2.24) is 20.1 Å². The number of carbonyl (C=O) groups excluding carboxylic acids is 2. The lowest BCUT2D eigenvalue weighted by Crippen LogP contribution is -2.30. The molecule has 0 radical (unpaired) electrons. The van der Waals surface area contributed by atoms with Crippen LogP contribution in [0.25, 0.3) is 5.69 Å². The minimum Gasteiger partial charge on any atom is -0.349 e. The first-order valence-electron chi connectivity index (χ1n) is 9.04. The van der Waals surface area contributed by atoms with Crippen LogP contribution >= 0.6 is 0 Å². The van der Waals surface area contributed by atoms with Gasteiger partial charge in [0.2, 0.25) is 11.8 Å². The highest BCUT2D eigenvalue weighted by Crippen LogP contribution is 2.17. The predicted octanol–water partition coefficient (Wildman–Crippen LogP) is 3.09. The van der Waals surface area contributed by atoms with Crippen molar-refractivity contribution >= 4 is 17.5 Å². The summed E-state index contributed by atoms with van der Waals surface area (Å²) in [4.78, 5) is 28.3. The Balaban J connectivity index is 1.54. The van der Waals surface area contributed by atoms with E-state index >= 15 is 0 Å². The summed E-state index contributed by atoms with van der Waals surface area (Å²) >= 11 is 0. The lowest BCUT2D eigenvalue weighted by molar-refractivity contribution is -0.127. The normalized spacial score (nSPS) is 11.7. The molecule has 3 aromatic rings. The molecular formula is C21H23N5O2. The number of aryl methyl sites for hydroxylation is 2. The van der Waals surface area contributed by atoms with Crippen molar-refractivity contribution in [1.29, 1.82) is 0 Å². The largest absolute Gasteiger partial charge is 0.349 e. The van der Waals surface area contributed by atoms with Crippen LogP contribution in [-0.4, -0.2) is 26.6 Å². The molecule has 3 rings (SSSR count). The molecule has 0 fully saturated rings. The Hall–Kier alpha value is -3.48. The zero-order valence-electron chi connectivity index (χ0n) is 16.1. The number of carbonyl (C=O) groups is 2. The van der Waals surface area contributed by atoms with Crippen molar-refractivity contribution in [2.24, 2.45) is 0 Å². The smallest absolute Gasteiger partial charge is 0.233 e. The first kappa shape index (κ1) is 19.3. The van der Waals surface area contributed by atoms with Crippen molar-refractivity contribution in [2.45, 2.75) is 33.2 Å². The molecule has 2 amide bonds. The maximum absolute atomic E-state index is 12.2. The summed E-state index contributed by atoms with van der Waals surface area (Å²) in [5, 5.41) is 9.72. The molecule has 0 saturated carbocycles. The summed E-state index contributed by atoms with van der Waals surface area (Å²) in [5.41, 5.74) is 4.63. The van der Waals surface area contributed by atoms with Crippen LogP contribution in [0, 0.1) is 13.8 Å². The number of nitrogens with one attached hydrogen (secondary N) is 2. The van der Waals surface area contributed by atoms with Gasteiger partial charge in [-0.05, 0) is 50.1 Å². The molecule has 0 saturated heterocycles.